The Labute approximate surface area is 69.3 Å². The van der Waals surface area contributed by atoms with E-state index in [1.54, 1.807) is 0 Å². The molecule has 0 saturated carbocycles. The van der Waals surface area contributed by atoms with Crippen molar-refractivity contribution in [3.05, 3.63) is 42.5 Å². The van der Waals surface area contributed by atoms with Crippen LogP contribution in [0.5, 0.6) is 5.75 Å². The number of hydrogen-bond acceptors (Lipinski definition) is 1. The van der Waals surface area contributed by atoms with Crippen molar-refractivity contribution in [2.75, 3.05) is 6.61 Å². The summed E-state index contributed by atoms with van der Waals surface area (Å²) in [4.78, 5) is 0. The minimum Gasteiger partial charge on any atom is -0.486 e. The molecular weight excluding hydrogens is 162 g/mol. The third-order valence-corrected chi connectivity index (χ3v) is 1.25. The third-order valence-electron chi connectivity index (χ3n) is 1.25. The van der Waals surface area contributed by atoms with Gasteiger partial charge in [0, 0.05) is 6.07 Å². The standard InChI is InChI=1S/C9H8F2O/c1-2-5-12-9-4-3-7(10)6-8(9)11/h2-4,6H,1,5H2. The van der Waals surface area contributed by atoms with Crippen LogP contribution in [0.15, 0.2) is 30.9 Å². The maximum atomic E-state index is 12.8. The molecule has 0 aliphatic carbocycles. The van der Waals surface area contributed by atoms with E-state index >= 15 is 0 Å². The van der Waals surface area contributed by atoms with E-state index in [9.17, 15) is 8.78 Å². The highest BCUT2D eigenvalue weighted by atomic mass is 19.1. The molecule has 0 heterocycles. The molecule has 0 atom stereocenters. The molecule has 1 rings (SSSR count). The number of halogens is 2. The molecule has 0 aliphatic heterocycles. The average molecular weight is 170 g/mol. The lowest BCUT2D eigenvalue weighted by atomic mass is 10.3. The molecule has 0 radical (unpaired) electrons. The van der Waals surface area contributed by atoms with E-state index in [0.717, 1.165) is 12.1 Å². The predicted molar refractivity (Wildman–Crippen MR) is 42.1 cm³/mol. The summed E-state index contributed by atoms with van der Waals surface area (Å²) in [5.74, 6) is -1.27. The van der Waals surface area contributed by atoms with E-state index in [1.807, 2.05) is 0 Å². The summed E-state index contributed by atoms with van der Waals surface area (Å²) in [6.45, 7) is 3.61. The quantitative estimate of drug-likeness (QED) is 0.633. The van der Waals surface area contributed by atoms with Crippen LogP contribution in [-0.4, -0.2) is 6.61 Å². The summed E-state index contributed by atoms with van der Waals surface area (Å²) in [7, 11) is 0. The first-order chi connectivity index (χ1) is 5.74. The fourth-order valence-corrected chi connectivity index (χ4v) is 0.741. The lowest BCUT2D eigenvalue weighted by molar-refractivity contribution is 0.340. The van der Waals surface area contributed by atoms with E-state index in [-0.39, 0.29) is 12.4 Å². The van der Waals surface area contributed by atoms with E-state index in [1.165, 1.54) is 12.1 Å². The smallest absolute Gasteiger partial charge is 0.167 e. The Hall–Kier alpha value is -1.38. The Kier molecular flexibility index (Phi) is 2.80. The Morgan fingerprint density at radius 2 is 2.17 bits per heavy atom. The average Bonchev–Trinajstić information content (AvgIpc) is 2.03. The summed E-state index contributed by atoms with van der Waals surface area (Å²) in [5, 5.41) is 0. The molecule has 1 aromatic carbocycles. The van der Waals surface area contributed by atoms with Crippen molar-refractivity contribution in [2.45, 2.75) is 0 Å². The molecule has 3 heteroatoms. The van der Waals surface area contributed by atoms with Gasteiger partial charge < -0.3 is 4.74 Å². The molecule has 0 aromatic heterocycles. The highest BCUT2D eigenvalue weighted by Crippen LogP contribution is 2.17. The minimum atomic E-state index is -0.697. The van der Waals surface area contributed by atoms with E-state index in [2.05, 4.69) is 6.58 Å². The summed E-state index contributed by atoms with van der Waals surface area (Å²) >= 11 is 0. The Morgan fingerprint density at radius 1 is 1.42 bits per heavy atom. The number of ether oxygens (including phenoxy) is 1. The fraction of sp³-hybridized carbons (Fsp3) is 0.111. The maximum Gasteiger partial charge on any atom is 0.167 e. The molecule has 1 aromatic rings. The van der Waals surface area contributed by atoms with Crippen LogP contribution in [0.3, 0.4) is 0 Å². The van der Waals surface area contributed by atoms with Crippen molar-refractivity contribution in [3.8, 4) is 5.75 Å². The number of hydrogen-bond donors (Lipinski definition) is 0. The molecular formula is C9H8F2O. The zero-order valence-corrected chi connectivity index (χ0v) is 6.39. The van der Waals surface area contributed by atoms with Crippen LogP contribution in [0.1, 0.15) is 0 Å². The molecule has 0 amide bonds. The fourth-order valence-electron chi connectivity index (χ4n) is 0.741. The number of benzene rings is 1. The van der Waals surface area contributed by atoms with Crippen molar-refractivity contribution >= 4 is 0 Å². The lowest BCUT2D eigenvalue weighted by Crippen LogP contribution is -1.95. The summed E-state index contributed by atoms with van der Waals surface area (Å²) in [5.41, 5.74) is 0. The Balaban J connectivity index is 2.78. The first-order valence-corrected chi connectivity index (χ1v) is 3.43. The van der Waals surface area contributed by atoms with Gasteiger partial charge in [0.05, 0.1) is 0 Å². The molecule has 64 valence electrons. The van der Waals surface area contributed by atoms with Crippen LogP contribution >= 0.6 is 0 Å². The summed E-state index contributed by atoms with van der Waals surface area (Å²) in [6, 6.07) is 3.16. The van der Waals surface area contributed by atoms with Crippen molar-refractivity contribution in [1.82, 2.24) is 0 Å². The van der Waals surface area contributed by atoms with Gasteiger partial charge >= 0.3 is 0 Å². The molecule has 0 fully saturated rings. The second-order valence-corrected chi connectivity index (χ2v) is 2.17. The second kappa shape index (κ2) is 3.85. The highest BCUT2D eigenvalue weighted by molar-refractivity contribution is 5.24. The maximum absolute atomic E-state index is 12.8. The molecule has 1 nitrogen and oxygen atoms in total. The first kappa shape index (κ1) is 8.71. The van der Waals surface area contributed by atoms with Crippen molar-refractivity contribution in [2.24, 2.45) is 0 Å². The minimum absolute atomic E-state index is 0.0382. The Bertz CT molecular complexity index is 284. The van der Waals surface area contributed by atoms with Crippen LogP contribution in [0, 0.1) is 11.6 Å². The van der Waals surface area contributed by atoms with Gasteiger partial charge in [0.1, 0.15) is 12.4 Å². The van der Waals surface area contributed by atoms with Gasteiger partial charge in [0.2, 0.25) is 0 Å². The van der Waals surface area contributed by atoms with Crippen LogP contribution in [0.4, 0.5) is 8.78 Å². The van der Waals surface area contributed by atoms with Crippen LogP contribution in [0.2, 0.25) is 0 Å². The van der Waals surface area contributed by atoms with Crippen LogP contribution < -0.4 is 4.74 Å². The van der Waals surface area contributed by atoms with Gasteiger partial charge in [-0.1, -0.05) is 12.7 Å². The van der Waals surface area contributed by atoms with Gasteiger partial charge in [-0.2, -0.15) is 0 Å². The second-order valence-electron chi connectivity index (χ2n) is 2.17. The first-order valence-electron chi connectivity index (χ1n) is 3.43. The zero-order valence-electron chi connectivity index (χ0n) is 6.39. The van der Waals surface area contributed by atoms with E-state index < -0.39 is 11.6 Å². The molecule has 0 bridgehead atoms. The van der Waals surface area contributed by atoms with Gasteiger partial charge in [0.15, 0.2) is 11.6 Å². The topological polar surface area (TPSA) is 9.23 Å². The molecule has 0 aliphatic rings. The SMILES string of the molecule is C=CCOc1ccc(F)cc1F. The predicted octanol–water partition coefficient (Wildman–Crippen LogP) is 2.53. The summed E-state index contributed by atoms with van der Waals surface area (Å²) in [6.07, 6.45) is 1.49. The molecule has 0 unspecified atom stereocenters. The van der Waals surface area contributed by atoms with Gasteiger partial charge in [0.25, 0.3) is 0 Å². The zero-order chi connectivity index (χ0) is 8.97. The van der Waals surface area contributed by atoms with Gasteiger partial charge in [-0.3, -0.25) is 0 Å². The van der Waals surface area contributed by atoms with E-state index in [4.69, 9.17) is 4.74 Å². The van der Waals surface area contributed by atoms with Gasteiger partial charge in [-0.25, -0.2) is 8.78 Å². The van der Waals surface area contributed by atoms with Gasteiger partial charge in [-0.05, 0) is 12.1 Å². The van der Waals surface area contributed by atoms with Crippen LogP contribution in [-0.2, 0) is 0 Å². The third kappa shape index (κ3) is 2.05. The molecule has 0 saturated heterocycles. The van der Waals surface area contributed by atoms with Gasteiger partial charge in [-0.15, -0.1) is 0 Å². The summed E-state index contributed by atoms with van der Waals surface area (Å²) < 4.78 is 30.0. The van der Waals surface area contributed by atoms with Crippen molar-refractivity contribution < 1.29 is 13.5 Å². The van der Waals surface area contributed by atoms with E-state index in [0.29, 0.717) is 0 Å². The largest absolute Gasteiger partial charge is 0.486 e. The monoisotopic (exact) mass is 170 g/mol. The van der Waals surface area contributed by atoms with Crippen LogP contribution in [0.25, 0.3) is 0 Å². The molecule has 0 N–H and O–H groups in total. The normalized spacial score (nSPS) is 9.50. The van der Waals surface area contributed by atoms with Crippen molar-refractivity contribution in [1.29, 1.82) is 0 Å². The molecule has 12 heavy (non-hydrogen) atoms. The number of rotatable bonds is 3. The highest BCUT2D eigenvalue weighted by Gasteiger charge is 2.02. The molecule has 0 spiro atoms. The lowest BCUT2D eigenvalue weighted by Gasteiger charge is -2.03. The Morgan fingerprint density at radius 3 is 2.75 bits per heavy atom. The van der Waals surface area contributed by atoms with Crippen molar-refractivity contribution in [3.63, 3.8) is 0 Å².